The number of ether oxygens (including phenoxy) is 2. The predicted octanol–water partition coefficient (Wildman–Crippen LogP) is 5.08. The van der Waals surface area contributed by atoms with Crippen LogP contribution in [-0.2, 0) is 6.61 Å². The van der Waals surface area contributed by atoms with Crippen molar-refractivity contribution in [2.24, 2.45) is 5.10 Å². The summed E-state index contributed by atoms with van der Waals surface area (Å²) in [7, 11) is 1.53. The van der Waals surface area contributed by atoms with E-state index in [0.29, 0.717) is 39.4 Å². The van der Waals surface area contributed by atoms with Crippen LogP contribution in [0.15, 0.2) is 75.0 Å². The van der Waals surface area contributed by atoms with Gasteiger partial charge in [0, 0.05) is 10.0 Å². The Morgan fingerprint density at radius 3 is 2.75 bits per heavy atom. The lowest BCUT2D eigenvalue weighted by molar-refractivity contribution is 0.283. The van der Waals surface area contributed by atoms with Crippen molar-refractivity contribution in [2.45, 2.75) is 13.5 Å². The number of nitrogens with zero attached hydrogens (tertiary/aromatic N) is 3. The van der Waals surface area contributed by atoms with Crippen LogP contribution < -0.4 is 15.0 Å². The van der Waals surface area contributed by atoms with E-state index in [-0.39, 0.29) is 18.0 Å². The summed E-state index contributed by atoms with van der Waals surface area (Å²) >= 11 is 3.38. The number of benzene rings is 3. The second kappa shape index (κ2) is 9.32. The quantitative estimate of drug-likeness (QED) is 0.350. The number of methoxy groups -OCH3 is 1. The highest BCUT2D eigenvalue weighted by molar-refractivity contribution is 9.10. The Morgan fingerprint density at radius 2 is 1.97 bits per heavy atom. The Kier molecular flexibility index (Phi) is 6.32. The number of fused-ring (bicyclic) bond motifs is 1. The summed E-state index contributed by atoms with van der Waals surface area (Å²) in [6.07, 6.45) is 1.52. The summed E-state index contributed by atoms with van der Waals surface area (Å²) in [5, 5.41) is 4.82. The van der Waals surface area contributed by atoms with Crippen molar-refractivity contribution >= 4 is 33.0 Å². The van der Waals surface area contributed by atoms with Gasteiger partial charge in [-0.25, -0.2) is 9.37 Å². The zero-order valence-corrected chi connectivity index (χ0v) is 19.0. The van der Waals surface area contributed by atoms with Crippen LogP contribution in [0.5, 0.6) is 11.5 Å². The molecule has 0 aliphatic rings. The van der Waals surface area contributed by atoms with Gasteiger partial charge in [0.15, 0.2) is 11.5 Å². The Hall–Kier alpha value is -3.52. The van der Waals surface area contributed by atoms with Crippen molar-refractivity contribution in [3.63, 3.8) is 0 Å². The van der Waals surface area contributed by atoms with E-state index in [1.807, 2.05) is 6.07 Å². The molecule has 0 N–H and O–H groups in total. The Balaban J connectivity index is 1.71. The largest absolute Gasteiger partial charge is 0.493 e. The van der Waals surface area contributed by atoms with E-state index in [4.69, 9.17) is 9.47 Å². The summed E-state index contributed by atoms with van der Waals surface area (Å²) in [6, 6.07) is 16.8. The summed E-state index contributed by atoms with van der Waals surface area (Å²) < 4.78 is 26.9. The number of rotatable bonds is 6. The van der Waals surface area contributed by atoms with Crippen LogP contribution in [0.3, 0.4) is 0 Å². The molecule has 0 aliphatic carbocycles. The molecule has 0 spiro atoms. The van der Waals surface area contributed by atoms with E-state index in [1.54, 1.807) is 49.4 Å². The molecule has 0 radical (unpaired) electrons. The van der Waals surface area contributed by atoms with Gasteiger partial charge < -0.3 is 9.47 Å². The van der Waals surface area contributed by atoms with E-state index >= 15 is 0 Å². The van der Waals surface area contributed by atoms with Crippen LogP contribution in [0.1, 0.15) is 17.0 Å². The van der Waals surface area contributed by atoms with Gasteiger partial charge in [0.05, 0.1) is 24.2 Å². The summed E-state index contributed by atoms with van der Waals surface area (Å²) in [6.45, 7) is 1.86. The Bertz CT molecular complexity index is 1390. The van der Waals surface area contributed by atoms with Gasteiger partial charge in [-0.3, -0.25) is 4.79 Å². The average molecular weight is 496 g/mol. The standard InChI is InChI=1S/C24H19BrFN3O3/c1-15-28-21-10-9-18(25)12-20(21)24(30)29(15)27-13-17-6-4-8-22(31-2)23(17)32-14-16-5-3-7-19(26)11-16/h3-13H,14H2,1-2H3. The van der Waals surface area contributed by atoms with Crippen molar-refractivity contribution < 1.29 is 13.9 Å². The molecule has 4 aromatic rings. The lowest BCUT2D eigenvalue weighted by Crippen LogP contribution is -2.20. The van der Waals surface area contributed by atoms with Crippen LogP contribution >= 0.6 is 15.9 Å². The van der Waals surface area contributed by atoms with Gasteiger partial charge in [0.1, 0.15) is 18.2 Å². The summed E-state index contributed by atoms with van der Waals surface area (Å²) in [4.78, 5) is 17.4. The SMILES string of the molecule is COc1cccc(C=Nn2c(C)nc3ccc(Br)cc3c2=O)c1OCc1cccc(F)c1. The lowest BCUT2D eigenvalue weighted by Gasteiger charge is -2.13. The first-order chi connectivity index (χ1) is 15.5. The second-order valence-corrected chi connectivity index (χ2v) is 7.89. The molecule has 162 valence electrons. The normalized spacial score (nSPS) is 11.2. The summed E-state index contributed by atoms with van der Waals surface area (Å²) in [5.74, 6) is 1.05. The molecule has 0 amide bonds. The molecule has 0 fully saturated rings. The fourth-order valence-electron chi connectivity index (χ4n) is 3.25. The molecule has 1 heterocycles. The zero-order valence-electron chi connectivity index (χ0n) is 17.4. The number of para-hydroxylation sites is 1. The minimum Gasteiger partial charge on any atom is -0.493 e. The molecule has 0 unspecified atom stereocenters. The number of aromatic nitrogens is 2. The maximum atomic E-state index is 13.5. The van der Waals surface area contributed by atoms with Gasteiger partial charge in [-0.2, -0.15) is 9.78 Å². The van der Waals surface area contributed by atoms with Gasteiger partial charge in [0.25, 0.3) is 5.56 Å². The van der Waals surface area contributed by atoms with E-state index in [2.05, 4.69) is 26.0 Å². The van der Waals surface area contributed by atoms with E-state index in [0.717, 1.165) is 4.47 Å². The van der Waals surface area contributed by atoms with Crippen LogP contribution in [0.4, 0.5) is 4.39 Å². The number of aryl methyl sites for hydroxylation is 1. The fraction of sp³-hybridized carbons (Fsp3) is 0.125. The molecule has 8 heteroatoms. The number of hydrogen-bond donors (Lipinski definition) is 0. The minimum atomic E-state index is -0.335. The van der Waals surface area contributed by atoms with Gasteiger partial charge in [-0.15, -0.1) is 0 Å². The highest BCUT2D eigenvalue weighted by Gasteiger charge is 2.12. The molecule has 6 nitrogen and oxygen atoms in total. The maximum absolute atomic E-state index is 13.5. The monoisotopic (exact) mass is 495 g/mol. The molecule has 3 aromatic carbocycles. The molecule has 32 heavy (non-hydrogen) atoms. The molecule has 0 aliphatic heterocycles. The molecular weight excluding hydrogens is 477 g/mol. The predicted molar refractivity (Wildman–Crippen MR) is 125 cm³/mol. The molecule has 0 saturated carbocycles. The van der Waals surface area contributed by atoms with Crippen LogP contribution in [0.2, 0.25) is 0 Å². The van der Waals surface area contributed by atoms with Gasteiger partial charge >= 0.3 is 0 Å². The van der Waals surface area contributed by atoms with Gasteiger partial charge in [0.2, 0.25) is 0 Å². The molecule has 0 saturated heterocycles. The van der Waals surface area contributed by atoms with Crippen LogP contribution in [-0.4, -0.2) is 23.0 Å². The smallest absolute Gasteiger partial charge is 0.282 e. The van der Waals surface area contributed by atoms with E-state index in [1.165, 1.54) is 30.1 Å². The number of hydrogen-bond acceptors (Lipinski definition) is 5. The van der Waals surface area contributed by atoms with Crippen molar-refractivity contribution in [3.05, 3.63) is 98.3 Å². The van der Waals surface area contributed by atoms with E-state index in [9.17, 15) is 9.18 Å². The van der Waals surface area contributed by atoms with Crippen molar-refractivity contribution in [3.8, 4) is 11.5 Å². The van der Waals surface area contributed by atoms with E-state index < -0.39 is 0 Å². The highest BCUT2D eigenvalue weighted by atomic mass is 79.9. The van der Waals surface area contributed by atoms with Gasteiger partial charge in [-0.05, 0) is 55.0 Å². The first kappa shape index (κ1) is 21.7. The van der Waals surface area contributed by atoms with Crippen molar-refractivity contribution in [1.29, 1.82) is 0 Å². The molecule has 1 aromatic heterocycles. The second-order valence-electron chi connectivity index (χ2n) is 6.98. The van der Waals surface area contributed by atoms with Gasteiger partial charge in [-0.1, -0.05) is 34.1 Å². The van der Waals surface area contributed by atoms with Crippen molar-refractivity contribution in [2.75, 3.05) is 7.11 Å². The minimum absolute atomic E-state index is 0.142. The van der Waals surface area contributed by atoms with Crippen LogP contribution in [0, 0.1) is 12.7 Å². The Morgan fingerprint density at radius 1 is 1.16 bits per heavy atom. The van der Waals surface area contributed by atoms with Crippen LogP contribution in [0.25, 0.3) is 10.9 Å². The maximum Gasteiger partial charge on any atom is 0.282 e. The fourth-order valence-corrected chi connectivity index (χ4v) is 3.61. The molecular formula is C24H19BrFN3O3. The molecule has 0 bridgehead atoms. The highest BCUT2D eigenvalue weighted by Crippen LogP contribution is 2.31. The summed E-state index contributed by atoms with van der Waals surface area (Å²) in [5.41, 5.74) is 1.59. The first-order valence-electron chi connectivity index (χ1n) is 9.74. The average Bonchev–Trinajstić information content (AvgIpc) is 2.78. The third-order valence-electron chi connectivity index (χ3n) is 4.78. The first-order valence-corrected chi connectivity index (χ1v) is 10.5. The topological polar surface area (TPSA) is 65.7 Å². The molecule has 4 rings (SSSR count). The third kappa shape index (κ3) is 4.55. The Labute approximate surface area is 192 Å². The zero-order chi connectivity index (χ0) is 22.7. The molecule has 0 atom stereocenters. The third-order valence-corrected chi connectivity index (χ3v) is 5.28. The van der Waals surface area contributed by atoms with Crippen molar-refractivity contribution in [1.82, 2.24) is 9.66 Å². The number of halogens is 2. The lowest BCUT2D eigenvalue weighted by atomic mass is 10.2.